The number of benzene rings is 2. The summed E-state index contributed by atoms with van der Waals surface area (Å²) in [7, 11) is 0. The summed E-state index contributed by atoms with van der Waals surface area (Å²) < 4.78 is 5.23. The van der Waals surface area contributed by atoms with E-state index in [9.17, 15) is 9.59 Å². The third kappa shape index (κ3) is 5.82. The summed E-state index contributed by atoms with van der Waals surface area (Å²) in [5.74, 6) is 0. The lowest BCUT2D eigenvalue weighted by molar-refractivity contribution is -0.109. The van der Waals surface area contributed by atoms with Crippen molar-refractivity contribution in [2.45, 2.75) is 33.3 Å². The molecule has 0 bridgehead atoms. The van der Waals surface area contributed by atoms with Crippen LogP contribution < -0.4 is 10.7 Å². The number of hydrogen-bond donors (Lipinski definition) is 2. The quantitative estimate of drug-likeness (QED) is 0.450. The molecule has 27 heavy (non-hydrogen) atoms. The molecule has 0 aliphatic carbocycles. The number of nitrogens with one attached hydrogen (secondary N) is 2. The van der Waals surface area contributed by atoms with Gasteiger partial charge in [-0.3, -0.25) is 10.1 Å². The Morgan fingerprint density at radius 3 is 2.44 bits per heavy atom. The Labute approximate surface area is 163 Å². The number of halogens is 1. The van der Waals surface area contributed by atoms with Crippen molar-refractivity contribution in [2.24, 2.45) is 5.10 Å². The molecule has 6 nitrogen and oxygen atoms in total. The molecule has 0 heterocycles. The molecule has 0 aliphatic heterocycles. The summed E-state index contributed by atoms with van der Waals surface area (Å²) >= 11 is 6.43. The highest BCUT2D eigenvalue weighted by Gasteiger charge is 2.18. The zero-order chi connectivity index (χ0) is 20.0. The van der Waals surface area contributed by atoms with Crippen molar-refractivity contribution in [3.05, 3.63) is 64.2 Å². The Hall–Kier alpha value is -2.86. The second-order valence-corrected chi connectivity index (χ2v) is 7.25. The molecule has 142 valence electrons. The molecule has 0 unspecified atom stereocenters. The normalized spacial score (nSPS) is 11.7. The van der Waals surface area contributed by atoms with Crippen LogP contribution in [-0.4, -0.2) is 23.8 Å². The molecule has 2 aromatic carbocycles. The first-order valence-corrected chi connectivity index (χ1v) is 8.72. The van der Waals surface area contributed by atoms with Crippen LogP contribution in [0.4, 0.5) is 10.5 Å². The summed E-state index contributed by atoms with van der Waals surface area (Å²) in [5.41, 5.74) is 5.18. The molecule has 2 rings (SSSR count). The molecule has 0 atom stereocenters. The van der Waals surface area contributed by atoms with E-state index in [-0.39, 0.29) is 0 Å². The molecule has 0 aliphatic rings. The van der Waals surface area contributed by atoms with Gasteiger partial charge in [0.15, 0.2) is 0 Å². The highest BCUT2D eigenvalue weighted by molar-refractivity contribution is 6.36. The first kappa shape index (κ1) is 20.5. The van der Waals surface area contributed by atoms with Gasteiger partial charge in [0.1, 0.15) is 5.60 Å². The summed E-state index contributed by atoms with van der Waals surface area (Å²) in [6, 6.07) is 12.7. The number of ether oxygens (including phenoxy) is 1. The van der Waals surface area contributed by atoms with Crippen molar-refractivity contribution < 1.29 is 14.3 Å². The molecule has 0 saturated heterocycles. The van der Waals surface area contributed by atoms with Gasteiger partial charge in [0.05, 0.1) is 10.7 Å². The fourth-order valence-corrected chi connectivity index (χ4v) is 2.67. The van der Waals surface area contributed by atoms with Crippen molar-refractivity contribution in [3.63, 3.8) is 0 Å². The lowest BCUT2D eigenvalue weighted by atomic mass is 9.98. The van der Waals surface area contributed by atoms with Crippen LogP contribution in [-0.2, 0) is 9.53 Å². The molecule has 0 aromatic heterocycles. The van der Waals surface area contributed by atoms with Gasteiger partial charge < -0.3 is 4.74 Å². The highest BCUT2D eigenvalue weighted by Crippen LogP contribution is 2.25. The van der Waals surface area contributed by atoms with Gasteiger partial charge in [-0.15, -0.1) is 0 Å². The van der Waals surface area contributed by atoms with Gasteiger partial charge in [-0.2, -0.15) is 5.10 Å². The summed E-state index contributed by atoms with van der Waals surface area (Å²) in [6.07, 6.45) is -0.0772. The standard InChI is InChI=1S/C20H22ClN3O3/c1-13-7-5-6-8-15(13)18(24-22-12-25)16-10-9-14(11-17(16)21)23-19(26)27-20(2,3)4/h5-12H,1-4H3,(H,22,25)(H,23,26)/b24-18+. The molecule has 0 saturated carbocycles. The lowest BCUT2D eigenvalue weighted by Crippen LogP contribution is -2.27. The Kier molecular flexibility index (Phi) is 6.58. The van der Waals surface area contributed by atoms with Crippen LogP contribution in [0.2, 0.25) is 5.02 Å². The zero-order valence-electron chi connectivity index (χ0n) is 15.7. The number of hydrazone groups is 1. The van der Waals surface area contributed by atoms with Gasteiger partial charge in [0, 0.05) is 16.8 Å². The van der Waals surface area contributed by atoms with E-state index in [0.717, 1.165) is 11.1 Å². The predicted octanol–water partition coefficient (Wildman–Crippen LogP) is 4.49. The van der Waals surface area contributed by atoms with Gasteiger partial charge in [-0.05, 0) is 51.5 Å². The number of aryl methyl sites for hydroxylation is 1. The van der Waals surface area contributed by atoms with Crippen molar-refractivity contribution in [3.8, 4) is 0 Å². The summed E-state index contributed by atoms with van der Waals surface area (Å²) in [5, 5.41) is 7.16. The molecule has 2 aromatic rings. The van der Waals surface area contributed by atoms with E-state index in [1.165, 1.54) is 0 Å². The number of nitrogens with zero attached hydrogens (tertiary/aromatic N) is 1. The van der Waals surface area contributed by atoms with E-state index >= 15 is 0 Å². The number of amides is 2. The van der Waals surface area contributed by atoms with Gasteiger partial charge in [0.25, 0.3) is 0 Å². The number of anilines is 1. The van der Waals surface area contributed by atoms with Crippen LogP contribution in [0.1, 0.15) is 37.5 Å². The third-order valence-corrected chi connectivity index (χ3v) is 3.81. The minimum Gasteiger partial charge on any atom is -0.444 e. The summed E-state index contributed by atoms with van der Waals surface area (Å²) in [4.78, 5) is 22.6. The highest BCUT2D eigenvalue weighted by atomic mass is 35.5. The van der Waals surface area contributed by atoms with Crippen LogP contribution >= 0.6 is 11.6 Å². The fourth-order valence-electron chi connectivity index (χ4n) is 2.40. The Morgan fingerprint density at radius 1 is 1.15 bits per heavy atom. The second kappa shape index (κ2) is 8.68. The van der Waals surface area contributed by atoms with Crippen LogP contribution in [0, 0.1) is 6.92 Å². The maximum absolute atomic E-state index is 11.9. The average molecular weight is 388 g/mol. The topological polar surface area (TPSA) is 79.8 Å². The van der Waals surface area contributed by atoms with Crippen molar-refractivity contribution in [1.29, 1.82) is 0 Å². The predicted molar refractivity (Wildman–Crippen MR) is 107 cm³/mol. The molecule has 0 spiro atoms. The third-order valence-electron chi connectivity index (χ3n) is 3.50. The smallest absolute Gasteiger partial charge is 0.412 e. The first-order chi connectivity index (χ1) is 12.7. The molecular weight excluding hydrogens is 366 g/mol. The Balaban J connectivity index is 2.35. The van der Waals surface area contributed by atoms with Gasteiger partial charge in [-0.1, -0.05) is 35.9 Å². The van der Waals surface area contributed by atoms with Gasteiger partial charge in [-0.25, -0.2) is 10.2 Å². The van der Waals surface area contributed by atoms with E-state index in [2.05, 4.69) is 15.8 Å². The van der Waals surface area contributed by atoms with E-state index in [4.69, 9.17) is 16.3 Å². The monoisotopic (exact) mass is 387 g/mol. The molecule has 0 fully saturated rings. The van der Waals surface area contributed by atoms with Crippen LogP contribution in [0.3, 0.4) is 0 Å². The van der Waals surface area contributed by atoms with Crippen molar-refractivity contribution >= 4 is 35.5 Å². The number of carbonyl (C=O) groups is 2. The van der Waals surface area contributed by atoms with Gasteiger partial charge in [0.2, 0.25) is 6.41 Å². The van der Waals surface area contributed by atoms with E-state index in [0.29, 0.717) is 28.4 Å². The van der Waals surface area contributed by atoms with Crippen LogP contribution in [0.15, 0.2) is 47.6 Å². The van der Waals surface area contributed by atoms with E-state index in [1.54, 1.807) is 39.0 Å². The van der Waals surface area contributed by atoms with Crippen LogP contribution in [0.25, 0.3) is 0 Å². The van der Waals surface area contributed by atoms with E-state index < -0.39 is 11.7 Å². The maximum atomic E-state index is 11.9. The minimum absolute atomic E-state index is 0.373. The molecule has 2 N–H and O–H groups in total. The molecule has 0 radical (unpaired) electrons. The molecule has 2 amide bonds. The van der Waals surface area contributed by atoms with Crippen molar-refractivity contribution in [1.82, 2.24) is 5.43 Å². The molecular formula is C20H22ClN3O3. The fraction of sp³-hybridized carbons (Fsp3) is 0.250. The average Bonchev–Trinajstić information content (AvgIpc) is 2.56. The lowest BCUT2D eigenvalue weighted by Gasteiger charge is -2.20. The first-order valence-electron chi connectivity index (χ1n) is 8.34. The van der Waals surface area contributed by atoms with E-state index in [1.807, 2.05) is 31.2 Å². The summed E-state index contributed by atoms with van der Waals surface area (Å²) in [6.45, 7) is 7.30. The number of carbonyl (C=O) groups excluding carboxylic acids is 2. The SMILES string of the molecule is Cc1ccccc1/C(=N\NC=O)c1ccc(NC(=O)OC(C)(C)C)cc1Cl. The number of hydrogen-bond acceptors (Lipinski definition) is 4. The Bertz CT molecular complexity index is 873. The Morgan fingerprint density at radius 2 is 1.85 bits per heavy atom. The van der Waals surface area contributed by atoms with Crippen molar-refractivity contribution in [2.75, 3.05) is 5.32 Å². The van der Waals surface area contributed by atoms with Crippen LogP contribution in [0.5, 0.6) is 0 Å². The molecule has 7 heteroatoms. The maximum Gasteiger partial charge on any atom is 0.412 e. The minimum atomic E-state index is -0.598. The number of rotatable bonds is 5. The second-order valence-electron chi connectivity index (χ2n) is 6.84. The van der Waals surface area contributed by atoms with Gasteiger partial charge >= 0.3 is 6.09 Å². The largest absolute Gasteiger partial charge is 0.444 e. The zero-order valence-corrected chi connectivity index (χ0v) is 16.4.